The number of rotatable bonds is 4. The molecule has 0 amide bonds. The van der Waals surface area contributed by atoms with Gasteiger partial charge in [-0.3, -0.25) is 4.79 Å². The van der Waals surface area contributed by atoms with Crippen molar-refractivity contribution in [1.82, 2.24) is 0 Å². The molecule has 0 saturated heterocycles. The molecular formula is C11H14INO4. The molecule has 5 nitrogen and oxygen atoms in total. The Labute approximate surface area is 113 Å². The molecule has 17 heavy (non-hydrogen) atoms. The van der Waals surface area contributed by atoms with Gasteiger partial charge in [-0.2, -0.15) is 0 Å². The summed E-state index contributed by atoms with van der Waals surface area (Å²) in [5, 5.41) is 9.80. The van der Waals surface area contributed by atoms with E-state index in [1.54, 1.807) is 12.1 Å². The topological polar surface area (TPSA) is 81.8 Å². The molecule has 0 heterocycles. The number of carbonyl (C=O) groups is 1. The maximum atomic E-state index is 11.2. The highest BCUT2D eigenvalue weighted by Crippen LogP contribution is 2.33. The van der Waals surface area contributed by atoms with Crippen LogP contribution in [0, 0.1) is 3.57 Å². The molecule has 0 radical (unpaired) electrons. The fourth-order valence-corrected chi connectivity index (χ4v) is 2.05. The zero-order valence-electron chi connectivity index (χ0n) is 9.57. The van der Waals surface area contributed by atoms with Crippen LogP contribution < -0.4 is 10.5 Å². The zero-order chi connectivity index (χ0) is 13.0. The molecule has 1 aromatic rings. The van der Waals surface area contributed by atoms with Crippen LogP contribution in [-0.2, 0) is 16.0 Å². The summed E-state index contributed by atoms with van der Waals surface area (Å²) < 4.78 is 10.1. The molecule has 1 unspecified atom stereocenters. The third-order valence-electron chi connectivity index (χ3n) is 2.32. The highest BCUT2D eigenvalue weighted by atomic mass is 127. The number of benzene rings is 1. The van der Waals surface area contributed by atoms with Crippen LogP contribution in [0.3, 0.4) is 0 Å². The number of nitrogens with two attached hydrogens (primary N) is 1. The summed E-state index contributed by atoms with van der Waals surface area (Å²) in [4.78, 5) is 11.2. The molecule has 1 rings (SSSR count). The second kappa shape index (κ2) is 6.06. The predicted octanol–water partition coefficient (Wildman–Crippen LogP) is 1.05. The van der Waals surface area contributed by atoms with Crippen molar-refractivity contribution in [2.75, 3.05) is 14.2 Å². The van der Waals surface area contributed by atoms with Gasteiger partial charge in [0.25, 0.3) is 0 Å². The monoisotopic (exact) mass is 351 g/mol. The van der Waals surface area contributed by atoms with Crippen molar-refractivity contribution < 1.29 is 19.4 Å². The summed E-state index contributed by atoms with van der Waals surface area (Å²) in [5.41, 5.74) is 6.44. The Morgan fingerprint density at radius 2 is 2.18 bits per heavy atom. The standard InChI is InChI=1S/C11H14INO4/c1-16-8-4-3-6(9(12)10(8)14)5-7(13)11(15)17-2/h3-4,7,14H,5,13H2,1-2H3. The van der Waals surface area contributed by atoms with E-state index in [-0.39, 0.29) is 5.75 Å². The molecule has 0 aliphatic carbocycles. The molecule has 1 atom stereocenters. The molecule has 0 aliphatic rings. The lowest BCUT2D eigenvalue weighted by Gasteiger charge is -2.13. The summed E-state index contributed by atoms with van der Waals surface area (Å²) in [6, 6.07) is 2.67. The Bertz CT molecular complexity index is 422. The van der Waals surface area contributed by atoms with Crippen LogP contribution in [0.1, 0.15) is 5.56 Å². The normalized spacial score (nSPS) is 12.0. The average Bonchev–Trinajstić information content (AvgIpc) is 2.34. The number of halogens is 1. The molecule has 0 fully saturated rings. The van der Waals surface area contributed by atoms with Crippen LogP contribution in [0.5, 0.6) is 11.5 Å². The number of phenols is 1. The van der Waals surface area contributed by atoms with Crippen LogP contribution in [0.25, 0.3) is 0 Å². The van der Waals surface area contributed by atoms with Gasteiger partial charge in [-0.05, 0) is 40.6 Å². The van der Waals surface area contributed by atoms with E-state index in [2.05, 4.69) is 4.74 Å². The maximum Gasteiger partial charge on any atom is 0.322 e. The second-order valence-electron chi connectivity index (χ2n) is 3.42. The van der Waals surface area contributed by atoms with E-state index < -0.39 is 12.0 Å². The highest BCUT2D eigenvalue weighted by Gasteiger charge is 2.18. The minimum Gasteiger partial charge on any atom is -0.504 e. The summed E-state index contributed by atoms with van der Waals surface area (Å²) in [5.74, 6) is -0.0245. The maximum absolute atomic E-state index is 11.2. The molecule has 1 aromatic carbocycles. The van der Waals surface area contributed by atoms with E-state index in [1.807, 2.05) is 22.6 Å². The van der Waals surface area contributed by atoms with Gasteiger partial charge in [0.1, 0.15) is 6.04 Å². The lowest BCUT2D eigenvalue weighted by Crippen LogP contribution is -2.33. The van der Waals surface area contributed by atoms with Crippen molar-refractivity contribution in [3.8, 4) is 11.5 Å². The van der Waals surface area contributed by atoms with Gasteiger partial charge in [0, 0.05) is 0 Å². The van der Waals surface area contributed by atoms with E-state index in [0.29, 0.717) is 15.7 Å². The molecule has 0 spiro atoms. The van der Waals surface area contributed by atoms with E-state index in [0.717, 1.165) is 5.56 Å². The van der Waals surface area contributed by atoms with Gasteiger partial charge in [0.15, 0.2) is 11.5 Å². The summed E-state index contributed by atoms with van der Waals surface area (Å²) in [7, 11) is 2.77. The lowest BCUT2D eigenvalue weighted by molar-refractivity contribution is -0.142. The van der Waals surface area contributed by atoms with Gasteiger partial charge in [-0.1, -0.05) is 6.07 Å². The number of hydrogen-bond acceptors (Lipinski definition) is 5. The fraction of sp³-hybridized carbons (Fsp3) is 0.364. The Morgan fingerprint density at radius 3 is 2.71 bits per heavy atom. The number of esters is 1. The Kier molecular flexibility index (Phi) is 5.01. The van der Waals surface area contributed by atoms with Crippen LogP contribution in [0.15, 0.2) is 12.1 Å². The second-order valence-corrected chi connectivity index (χ2v) is 4.50. The molecule has 0 aromatic heterocycles. The molecule has 3 N–H and O–H groups in total. The zero-order valence-corrected chi connectivity index (χ0v) is 11.7. The van der Waals surface area contributed by atoms with E-state index in [1.165, 1.54) is 14.2 Å². The summed E-state index contributed by atoms with van der Waals surface area (Å²) >= 11 is 1.99. The smallest absolute Gasteiger partial charge is 0.322 e. The number of ether oxygens (including phenoxy) is 2. The number of methoxy groups -OCH3 is 2. The molecule has 94 valence electrons. The SMILES string of the molecule is COC(=O)C(N)Cc1ccc(OC)c(O)c1I. The van der Waals surface area contributed by atoms with Gasteiger partial charge in [0.2, 0.25) is 0 Å². The first-order chi connectivity index (χ1) is 8.01. The molecule has 0 bridgehead atoms. The van der Waals surface area contributed by atoms with Crippen molar-refractivity contribution >= 4 is 28.6 Å². The number of phenolic OH excluding ortho intramolecular Hbond substituents is 1. The number of aromatic hydroxyl groups is 1. The van der Waals surface area contributed by atoms with E-state index >= 15 is 0 Å². The first-order valence-corrected chi connectivity index (χ1v) is 5.96. The van der Waals surface area contributed by atoms with Crippen LogP contribution in [0.4, 0.5) is 0 Å². The first-order valence-electron chi connectivity index (χ1n) is 4.89. The van der Waals surface area contributed by atoms with E-state index in [9.17, 15) is 9.90 Å². The van der Waals surface area contributed by atoms with Crippen molar-refractivity contribution in [2.45, 2.75) is 12.5 Å². The molecule has 0 aliphatic heterocycles. The van der Waals surface area contributed by atoms with Crippen molar-refractivity contribution in [1.29, 1.82) is 0 Å². The van der Waals surface area contributed by atoms with Crippen molar-refractivity contribution in [3.63, 3.8) is 0 Å². The average molecular weight is 351 g/mol. The van der Waals surface area contributed by atoms with Gasteiger partial charge < -0.3 is 20.3 Å². The minimum absolute atomic E-state index is 0.0580. The van der Waals surface area contributed by atoms with Crippen molar-refractivity contribution in [2.24, 2.45) is 5.73 Å². The fourth-order valence-electron chi connectivity index (χ4n) is 1.38. The Hall–Kier alpha value is -1.02. The van der Waals surface area contributed by atoms with Crippen LogP contribution >= 0.6 is 22.6 Å². The largest absolute Gasteiger partial charge is 0.504 e. The van der Waals surface area contributed by atoms with Gasteiger partial charge in [-0.25, -0.2) is 0 Å². The molecule has 6 heteroatoms. The third-order valence-corrected chi connectivity index (χ3v) is 3.53. The Morgan fingerprint density at radius 1 is 1.53 bits per heavy atom. The van der Waals surface area contributed by atoms with Crippen molar-refractivity contribution in [3.05, 3.63) is 21.3 Å². The third kappa shape index (κ3) is 3.22. The minimum atomic E-state index is -0.735. The van der Waals surface area contributed by atoms with Gasteiger partial charge in [0.05, 0.1) is 17.8 Å². The Balaban J connectivity index is 2.93. The van der Waals surface area contributed by atoms with Crippen LogP contribution in [-0.4, -0.2) is 31.3 Å². The van der Waals surface area contributed by atoms with Crippen LogP contribution in [0.2, 0.25) is 0 Å². The summed E-state index contributed by atoms with van der Waals surface area (Å²) in [6.45, 7) is 0. The molecular weight excluding hydrogens is 337 g/mol. The number of carbonyl (C=O) groups excluding carboxylic acids is 1. The highest BCUT2D eigenvalue weighted by molar-refractivity contribution is 14.1. The quantitative estimate of drug-likeness (QED) is 0.626. The summed E-state index contributed by atoms with van der Waals surface area (Å²) in [6.07, 6.45) is 0.308. The van der Waals surface area contributed by atoms with E-state index in [4.69, 9.17) is 10.5 Å². The lowest BCUT2D eigenvalue weighted by atomic mass is 10.1. The predicted molar refractivity (Wildman–Crippen MR) is 71.1 cm³/mol. The molecule has 0 saturated carbocycles. The van der Waals surface area contributed by atoms with Gasteiger partial charge >= 0.3 is 5.97 Å². The number of hydrogen-bond donors (Lipinski definition) is 2. The first kappa shape index (κ1) is 14.0. The van der Waals surface area contributed by atoms with Gasteiger partial charge in [-0.15, -0.1) is 0 Å².